The number of hydrogen-bond donors (Lipinski definition) is 1. The van der Waals surface area contributed by atoms with Gasteiger partial charge in [0.2, 0.25) is 10.0 Å². The summed E-state index contributed by atoms with van der Waals surface area (Å²) in [6, 6.07) is 8.61. The highest BCUT2D eigenvalue weighted by Crippen LogP contribution is 2.28. The standard InChI is InChI=1S/C11H15NO2S3/c13-17(14,11-6-2-1-3-7-11)12-10-5-4-8-15-16-9-10/h1-3,6-7,10,12H,4-5,8-9H2/t10-/m0/s1. The highest BCUT2D eigenvalue weighted by atomic mass is 33.1. The topological polar surface area (TPSA) is 46.2 Å². The molecular weight excluding hydrogens is 274 g/mol. The molecule has 0 radical (unpaired) electrons. The molecule has 17 heavy (non-hydrogen) atoms. The molecule has 1 aliphatic heterocycles. The van der Waals surface area contributed by atoms with Gasteiger partial charge in [-0.25, -0.2) is 13.1 Å². The zero-order valence-electron chi connectivity index (χ0n) is 9.33. The first-order valence-corrected chi connectivity index (χ1v) is 9.47. The van der Waals surface area contributed by atoms with E-state index in [9.17, 15) is 8.42 Å². The summed E-state index contributed by atoms with van der Waals surface area (Å²) in [6.07, 6.45) is 1.99. The molecule has 3 nitrogen and oxygen atoms in total. The molecule has 94 valence electrons. The Morgan fingerprint density at radius 1 is 1.18 bits per heavy atom. The van der Waals surface area contributed by atoms with Gasteiger partial charge in [-0.2, -0.15) is 0 Å². The van der Waals surface area contributed by atoms with Gasteiger partial charge in [0.1, 0.15) is 0 Å². The molecule has 0 spiro atoms. The molecule has 1 saturated heterocycles. The van der Waals surface area contributed by atoms with Crippen LogP contribution < -0.4 is 4.72 Å². The molecule has 0 bridgehead atoms. The highest BCUT2D eigenvalue weighted by molar-refractivity contribution is 8.76. The zero-order valence-corrected chi connectivity index (χ0v) is 11.8. The van der Waals surface area contributed by atoms with Gasteiger partial charge in [0, 0.05) is 17.5 Å². The quantitative estimate of drug-likeness (QED) is 0.869. The Bertz CT molecular complexity index is 439. The van der Waals surface area contributed by atoms with Gasteiger partial charge in [-0.3, -0.25) is 0 Å². The molecule has 0 amide bonds. The van der Waals surface area contributed by atoms with Crippen molar-refractivity contribution in [2.24, 2.45) is 0 Å². The van der Waals surface area contributed by atoms with Crippen LogP contribution in [-0.2, 0) is 10.0 Å². The van der Waals surface area contributed by atoms with Crippen molar-refractivity contribution in [3.05, 3.63) is 30.3 Å². The molecule has 6 heteroatoms. The summed E-state index contributed by atoms with van der Waals surface area (Å²) in [5.41, 5.74) is 0. The summed E-state index contributed by atoms with van der Waals surface area (Å²) < 4.78 is 27.0. The predicted molar refractivity (Wildman–Crippen MR) is 74.7 cm³/mol. The number of benzene rings is 1. The van der Waals surface area contributed by atoms with E-state index >= 15 is 0 Å². The van der Waals surface area contributed by atoms with Crippen molar-refractivity contribution in [1.82, 2.24) is 4.72 Å². The molecular formula is C11H15NO2S3. The van der Waals surface area contributed by atoms with Gasteiger partial charge in [-0.15, -0.1) is 0 Å². The average molecular weight is 289 g/mol. The van der Waals surface area contributed by atoms with Gasteiger partial charge in [0.05, 0.1) is 4.90 Å². The normalized spacial score (nSPS) is 22.0. The van der Waals surface area contributed by atoms with Crippen LogP contribution in [0, 0.1) is 0 Å². The summed E-state index contributed by atoms with van der Waals surface area (Å²) in [7, 11) is 0.224. The fourth-order valence-electron chi connectivity index (χ4n) is 1.64. The first-order chi connectivity index (χ1) is 8.18. The van der Waals surface area contributed by atoms with E-state index in [1.54, 1.807) is 35.1 Å². The summed E-state index contributed by atoms with van der Waals surface area (Å²) in [6.45, 7) is 0. The van der Waals surface area contributed by atoms with E-state index in [1.807, 2.05) is 16.9 Å². The Labute approximate surface area is 110 Å². The second-order valence-corrected chi connectivity index (χ2v) is 8.22. The Morgan fingerprint density at radius 2 is 1.94 bits per heavy atom. The third kappa shape index (κ3) is 3.91. The van der Waals surface area contributed by atoms with Crippen LogP contribution in [0.15, 0.2) is 35.2 Å². The largest absolute Gasteiger partial charge is 0.240 e. The number of rotatable bonds is 3. The third-order valence-corrected chi connectivity index (χ3v) is 6.61. The van der Waals surface area contributed by atoms with E-state index in [2.05, 4.69) is 4.72 Å². The van der Waals surface area contributed by atoms with Crippen molar-refractivity contribution < 1.29 is 8.42 Å². The third-order valence-electron chi connectivity index (χ3n) is 2.51. The van der Waals surface area contributed by atoms with Crippen LogP contribution in [0.2, 0.25) is 0 Å². The van der Waals surface area contributed by atoms with Crippen molar-refractivity contribution in [3.63, 3.8) is 0 Å². The van der Waals surface area contributed by atoms with Gasteiger partial charge in [-0.05, 0) is 25.0 Å². The van der Waals surface area contributed by atoms with Crippen molar-refractivity contribution in [1.29, 1.82) is 0 Å². The molecule has 1 aromatic rings. The minimum Gasteiger partial charge on any atom is -0.207 e. The maximum atomic E-state index is 12.1. The SMILES string of the molecule is O=S(=O)(N[C@H]1CCCSSC1)c1ccccc1. The van der Waals surface area contributed by atoms with Gasteiger partial charge < -0.3 is 0 Å². The zero-order chi connectivity index (χ0) is 12.1. The molecule has 1 aromatic carbocycles. The van der Waals surface area contributed by atoms with Gasteiger partial charge >= 0.3 is 0 Å². The Hall–Kier alpha value is -0.170. The lowest BCUT2D eigenvalue weighted by molar-refractivity contribution is 0.549. The minimum atomic E-state index is -3.35. The molecule has 1 heterocycles. The van der Waals surface area contributed by atoms with E-state index in [4.69, 9.17) is 0 Å². The van der Waals surface area contributed by atoms with E-state index in [0.717, 1.165) is 24.3 Å². The van der Waals surface area contributed by atoms with Crippen LogP contribution in [0.1, 0.15) is 12.8 Å². The van der Waals surface area contributed by atoms with Gasteiger partial charge in [0.15, 0.2) is 0 Å². The second-order valence-electron chi connectivity index (χ2n) is 3.88. The van der Waals surface area contributed by atoms with Crippen LogP contribution in [0.4, 0.5) is 0 Å². The molecule has 0 saturated carbocycles. The molecule has 0 aliphatic carbocycles. The van der Waals surface area contributed by atoms with Crippen molar-refractivity contribution in [3.8, 4) is 0 Å². The summed E-state index contributed by atoms with van der Waals surface area (Å²) in [5, 5.41) is 0. The van der Waals surface area contributed by atoms with Gasteiger partial charge in [-0.1, -0.05) is 39.8 Å². The summed E-state index contributed by atoms with van der Waals surface area (Å²) in [4.78, 5) is 0.349. The molecule has 2 rings (SSSR count). The Kier molecular flexibility index (Phi) is 4.78. The van der Waals surface area contributed by atoms with Crippen LogP contribution >= 0.6 is 21.6 Å². The Balaban J connectivity index is 2.06. The monoisotopic (exact) mass is 289 g/mol. The van der Waals surface area contributed by atoms with Crippen molar-refractivity contribution in [2.45, 2.75) is 23.8 Å². The molecule has 1 N–H and O–H groups in total. The van der Waals surface area contributed by atoms with Crippen molar-refractivity contribution >= 4 is 31.6 Å². The number of hydrogen-bond acceptors (Lipinski definition) is 4. The van der Waals surface area contributed by atoms with Crippen LogP contribution in [0.3, 0.4) is 0 Å². The van der Waals surface area contributed by atoms with Crippen LogP contribution in [0.25, 0.3) is 0 Å². The molecule has 1 atom stereocenters. The molecule has 0 unspecified atom stereocenters. The predicted octanol–water partition coefficient (Wildman–Crippen LogP) is 2.51. The van der Waals surface area contributed by atoms with E-state index in [-0.39, 0.29) is 6.04 Å². The first-order valence-electron chi connectivity index (χ1n) is 5.50. The fraction of sp³-hybridized carbons (Fsp3) is 0.455. The number of sulfonamides is 1. The van der Waals surface area contributed by atoms with Crippen LogP contribution in [0.5, 0.6) is 0 Å². The molecule has 1 fully saturated rings. The molecule has 0 aromatic heterocycles. The lowest BCUT2D eigenvalue weighted by Gasteiger charge is -2.15. The summed E-state index contributed by atoms with van der Waals surface area (Å²) in [5.74, 6) is 1.95. The smallest absolute Gasteiger partial charge is 0.207 e. The number of nitrogens with one attached hydrogen (secondary N) is 1. The lowest BCUT2D eigenvalue weighted by Crippen LogP contribution is -2.36. The van der Waals surface area contributed by atoms with Gasteiger partial charge in [0.25, 0.3) is 0 Å². The average Bonchev–Trinajstić information content (AvgIpc) is 2.58. The highest BCUT2D eigenvalue weighted by Gasteiger charge is 2.21. The maximum absolute atomic E-state index is 12.1. The first kappa shape index (κ1) is 13.3. The van der Waals surface area contributed by atoms with E-state index in [1.165, 1.54) is 0 Å². The van der Waals surface area contributed by atoms with E-state index in [0.29, 0.717) is 4.90 Å². The Morgan fingerprint density at radius 3 is 2.71 bits per heavy atom. The maximum Gasteiger partial charge on any atom is 0.240 e. The van der Waals surface area contributed by atoms with Crippen LogP contribution in [-0.4, -0.2) is 26.0 Å². The lowest BCUT2D eigenvalue weighted by atomic mass is 10.2. The fourth-order valence-corrected chi connectivity index (χ4v) is 5.44. The molecule has 1 aliphatic rings. The van der Waals surface area contributed by atoms with E-state index < -0.39 is 10.0 Å². The summed E-state index contributed by atoms with van der Waals surface area (Å²) >= 11 is 0. The minimum absolute atomic E-state index is 0.0557. The van der Waals surface area contributed by atoms with Crippen molar-refractivity contribution in [2.75, 3.05) is 11.5 Å². The second kappa shape index (κ2) is 6.13.